The molecule has 6 nitrogen and oxygen atoms in total. The lowest BCUT2D eigenvalue weighted by molar-refractivity contribution is -0.144. The number of aromatic nitrogens is 3. The first kappa shape index (κ1) is 15.6. The normalized spacial score (nSPS) is 16.1. The van der Waals surface area contributed by atoms with E-state index in [9.17, 15) is 9.90 Å². The molecule has 0 amide bonds. The minimum Gasteiger partial charge on any atom is -0.480 e. The zero-order chi connectivity index (χ0) is 14.6. The van der Waals surface area contributed by atoms with Gasteiger partial charge >= 0.3 is 5.97 Å². The molecule has 2 atom stereocenters. The fraction of sp³-hybridized carbons (Fsp3) is 0.769. The van der Waals surface area contributed by atoms with E-state index in [2.05, 4.69) is 15.4 Å². The lowest BCUT2D eigenvalue weighted by atomic mass is 9.94. The molecule has 1 rings (SSSR count). The maximum absolute atomic E-state index is 11.3. The quantitative estimate of drug-likeness (QED) is 0.781. The van der Waals surface area contributed by atoms with E-state index < -0.39 is 11.5 Å². The van der Waals surface area contributed by atoms with E-state index in [4.69, 9.17) is 0 Å². The van der Waals surface area contributed by atoms with E-state index in [1.807, 2.05) is 25.5 Å². The Morgan fingerprint density at radius 3 is 2.53 bits per heavy atom. The SMILES string of the molecule is CCc1nc(CC)n(C(C)CC(C)(NC)C(=O)O)n1. The second kappa shape index (κ2) is 6.14. The van der Waals surface area contributed by atoms with Gasteiger partial charge in [-0.3, -0.25) is 4.79 Å². The smallest absolute Gasteiger partial charge is 0.323 e. The molecule has 1 heterocycles. The number of hydrogen-bond acceptors (Lipinski definition) is 4. The number of nitrogens with one attached hydrogen (secondary N) is 1. The van der Waals surface area contributed by atoms with Gasteiger partial charge in [0.05, 0.1) is 6.04 Å². The number of hydrogen-bond donors (Lipinski definition) is 2. The predicted octanol–water partition coefficient (Wildman–Crippen LogP) is 1.42. The zero-order valence-electron chi connectivity index (χ0n) is 12.4. The first-order chi connectivity index (χ1) is 8.87. The molecule has 0 aromatic carbocycles. The third-order valence-corrected chi connectivity index (χ3v) is 3.52. The number of carboxylic acid groups (broad SMARTS) is 1. The van der Waals surface area contributed by atoms with Gasteiger partial charge in [-0.1, -0.05) is 13.8 Å². The van der Waals surface area contributed by atoms with Crippen molar-refractivity contribution in [3.05, 3.63) is 11.6 Å². The van der Waals surface area contributed by atoms with Crippen LogP contribution in [0.25, 0.3) is 0 Å². The van der Waals surface area contributed by atoms with Gasteiger partial charge < -0.3 is 10.4 Å². The van der Waals surface area contributed by atoms with Crippen molar-refractivity contribution in [1.82, 2.24) is 20.1 Å². The van der Waals surface area contributed by atoms with Gasteiger partial charge in [-0.2, -0.15) is 5.10 Å². The van der Waals surface area contributed by atoms with Crippen LogP contribution in [0.2, 0.25) is 0 Å². The largest absolute Gasteiger partial charge is 0.480 e. The van der Waals surface area contributed by atoms with Gasteiger partial charge in [0.25, 0.3) is 0 Å². The summed E-state index contributed by atoms with van der Waals surface area (Å²) in [5.41, 5.74) is -0.956. The van der Waals surface area contributed by atoms with Gasteiger partial charge in [0, 0.05) is 12.8 Å². The fourth-order valence-electron chi connectivity index (χ4n) is 2.12. The Morgan fingerprint density at radius 2 is 2.11 bits per heavy atom. The highest BCUT2D eigenvalue weighted by atomic mass is 16.4. The minimum absolute atomic E-state index is 0.0173. The number of likely N-dealkylation sites (N-methyl/N-ethyl adjacent to an activating group) is 1. The molecule has 0 aliphatic rings. The zero-order valence-corrected chi connectivity index (χ0v) is 12.4. The summed E-state index contributed by atoms with van der Waals surface area (Å²) in [6.45, 7) is 7.71. The summed E-state index contributed by atoms with van der Waals surface area (Å²) >= 11 is 0. The van der Waals surface area contributed by atoms with E-state index in [1.165, 1.54) is 0 Å². The molecule has 0 aliphatic heterocycles. The second-order valence-electron chi connectivity index (χ2n) is 5.04. The molecule has 1 aromatic rings. The predicted molar refractivity (Wildman–Crippen MR) is 73.2 cm³/mol. The van der Waals surface area contributed by atoms with E-state index in [1.54, 1.807) is 14.0 Å². The molecule has 0 saturated carbocycles. The van der Waals surface area contributed by atoms with Gasteiger partial charge in [-0.05, 0) is 27.3 Å². The summed E-state index contributed by atoms with van der Waals surface area (Å²) in [5, 5.41) is 16.6. The highest BCUT2D eigenvalue weighted by Gasteiger charge is 2.34. The van der Waals surface area contributed by atoms with E-state index in [-0.39, 0.29) is 6.04 Å². The van der Waals surface area contributed by atoms with Crippen molar-refractivity contribution in [2.75, 3.05) is 7.05 Å². The molecule has 0 saturated heterocycles. The van der Waals surface area contributed by atoms with Crippen LogP contribution >= 0.6 is 0 Å². The average Bonchev–Trinajstić information content (AvgIpc) is 2.81. The Bertz CT molecular complexity index is 444. The monoisotopic (exact) mass is 268 g/mol. The van der Waals surface area contributed by atoms with Crippen LogP contribution in [-0.4, -0.2) is 38.4 Å². The standard InChI is InChI=1S/C13H24N4O2/c1-6-10-15-11(7-2)17(16-10)9(3)8-13(4,14-5)12(18)19/h9,14H,6-8H2,1-5H3,(H,18,19). The molecule has 19 heavy (non-hydrogen) atoms. The Labute approximate surface area is 114 Å². The maximum atomic E-state index is 11.3. The van der Waals surface area contributed by atoms with Crippen molar-refractivity contribution in [2.24, 2.45) is 0 Å². The molecule has 0 fully saturated rings. The number of aryl methyl sites for hydroxylation is 2. The molecule has 0 radical (unpaired) electrons. The topological polar surface area (TPSA) is 80.0 Å². The average molecular weight is 268 g/mol. The van der Waals surface area contributed by atoms with Crippen molar-refractivity contribution >= 4 is 5.97 Å². The van der Waals surface area contributed by atoms with Crippen LogP contribution in [0.1, 0.15) is 51.8 Å². The molecule has 0 aliphatic carbocycles. The van der Waals surface area contributed by atoms with Gasteiger partial charge in [0.1, 0.15) is 11.4 Å². The highest BCUT2D eigenvalue weighted by molar-refractivity contribution is 5.78. The van der Waals surface area contributed by atoms with Gasteiger partial charge in [0.15, 0.2) is 5.82 Å². The summed E-state index contributed by atoms with van der Waals surface area (Å²) in [4.78, 5) is 15.8. The summed E-state index contributed by atoms with van der Waals surface area (Å²) < 4.78 is 1.86. The number of carboxylic acids is 1. The number of carbonyl (C=O) groups is 1. The molecule has 0 spiro atoms. The number of aliphatic carboxylic acids is 1. The van der Waals surface area contributed by atoms with Crippen molar-refractivity contribution in [1.29, 1.82) is 0 Å². The molecule has 0 bridgehead atoms. The second-order valence-corrected chi connectivity index (χ2v) is 5.04. The molecular weight excluding hydrogens is 244 g/mol. The van der Waals surface area contributed by atoms with Gasteiger partial charge in [-0.15, -0.1) is 0 Å². The minimum atomic E-state index is -0.956. The summed E-state index contributed by atoms with van der Waals surface area (Å²) in [5.74, 6) is 0.870. The molecule has 2 unspecified atom stereocenters. The molecule has 108 valence electrons. The summed E-state index contributed by atoms with van der Waals surface area (Å²) in [7, 11) is 1.67. The highest BCUT2D eigenvalue weighted by Crippen LogP contribution is 2.22. The van der Waals surface area contributed by atoms with Crippen molar-refractivity contribution in [3.8, 4) is 0 Å². The van der Waals surface area contributed by atoms with Gasteiger partial charge in [-0.25, -0.2) is 9.67 Å². The maximum Gasteiger partial charge on any atom is 0.323 e. The van der Waals surface area contributed by atoms with E-state index in [0.717, 1.165) is 24.5 Å². The summed E-state index contributed by atoms with van der Waals surface area (Å²) in [6, 6.07) is -0.0173. The van der Waals surface area contributed by atoms with Crippen LogP contribution in [0.5, 0.6) is 0 Å². The molecular formula is C13H24N4O2. The molecule has 1 aromatic heterocycles. The first-order valence-electron chi connectivity index (χ1n) is 6.74. The Kier molecular flexibility index (Phi) is 5.05. The van der Waals surface area contributed by atoms with Crippen molar-refractivity contribution < 1.29 is 9.90 Å². The van der Waals surface area contributed by atoms with Crippen molar-refractivity contribution in [2.45, 2.75) is 58.5 Å². The number of rotatable bonds is 7. The third-order valence-electron chi connectivity index (χ3n) is 3.52. The number of nitrogens with zero attached hydrogens (tertiary/aromatic N) is 3. The first-order valence-corrected chi connectivity index (χ1v) is 6.74. The van der Waals surface area contributed by atoms with E-state index in [0.29, 0.717) is 6.42 Å². The summed E-state index contributed by atoms with van der Waals surface area (Å²) in [6.07, 6.45) is 2.04. The van der Waals surface area contributed by atoms with Crippen LogP contribution in [0, 0.1) is 0 Å². The molecule has 2 N–H and O–H groups in total. The Balaban J connectivity index is 2.97. The Hall–Kier alpha value is -1.43. The third kappa shape index (κ3) is 3.32. The van der Waals surface area contributed by atoms with Crippen LogP contribution in [0.3, 0.4) is 0 Å². The van der Waals surface area contributed by atoms with Crippen molar-refractivity contribution in [3.63, 3.8) is 0 Å². The lowest BCUT2D eigenvalue weighted by Crippen LogP contribution is -2.49. The van der Waals surface area contributed by atoms with Crippen LogP contribution in [0.15, 0.2) is 0 Å². The van der Waals surface area contributed by atoms with Crippen LogP contribution in [-0.2, 0) is 17.6 Å². The fourth-order valence-corrected chi connectivity index (χ4v) is 2.12. The van der Waals surface area contributed by atoms with E-state index >= 15 is 0 Å². The van der Waals surface area contributed by atoms with Gasteiger partial charge in [0.2, 0.25) is 0 Å². The molecule has 6 heteroatoms. The Morgan fingerprint density at radius 1 is 1.47 bits per heavy atom. The van der Waals surface area contributed by atoms with Crippen LogP contribution in [0.4, 0.5) is 0 Å². The van der Waals surface area contributed by atoms with Crippen LogP contribution < -0.4 is 5.32 Å². The lowest BCUT2D eigenvalue weighted by Gasteiger charge is -2.28.